The zero-order valence-corrected chi connectivity index (χ0v) is 17.1. The first-order valence-electron chi connectivity index (χ1n) is 9.87. The zero-order chi connectivity index (χ0) is 20.1. The summed E-state index contributed by atoms with van der Waals surface area (Å²) < 4.78 is 28.2. The summed E-state index contributed by atoms with van der Waals surface area (Å²) >= 11 is 0. The van der Waals surface area contributed by atoms with Crippen LogP contribution in [0.2, 0.25) is 0 Å². The predicted octanol–water partition coefficient (Wildman–Crippen LogP) is 4.79. The Balaban J connectivity index is 1.61. The molecule has 4 heteroatoms. The fraction of sp³-hybridized carbons (Fsp3) is 0.200. The molecule has 1 heterocycles. The Morgan fingerprint density at radius 1 is 0.793 bits per heavy atom. The Hall–Kier alpha value is -2.85. The maximum absolute atomic E-state index is 13.4. The Labute approximate surface area is 172 Å². The monoisotopic (exact) mass is 401 g/mol. The van der Waals surface area contributed by atoms with Gasteiger partial charge >= 0.3 is 0 Å². The number of sulfonamides is 1. The third kappa shape index (κ3) is 2.66. The molecule has 2 aliphatic rings. The molecule has 3 nitrogen and oxygen atoms in total. The Kier molecular flexibility index (Phi) is 3.97. The highest BCUT2D eigenvalue weighted by Gasteiger charge is 2.69. The van der Waals surface area contributed by atoms with Gasteiger partial charge in [-0.3, -0.25) is 4.31 Å². The third-order valence-corrected chi connectivity index (χ3v) is 8.24. The van der Waals surface area contributed by atoms with Crippen molar-refractivity contribution in [2.45, 2.75) is 29.1 Å². The van der Waals surface area contributed by atoms with Gasteiger partial charge in [0, 0.05) is 23.6 Å². The van der Waals surface area contributed by atoms with E-state index in [0.29, 0.717) is 11.4 Å². The van der Waals surface area contributed by atoms with Crippen molar-refractivity contribution in [3.63, 3.8) is 0 Å². The lowest BCUT2D eigenvalue weighted by Gasteiger charge is -2.34. The van der Waals surface area contributed by atoms with Gasteiger partial charge in [-0.05, 0) is 36.6 Å². The van der Waals surface area contributed by atoms with E-state index in [1.165, 1.54) is 15.4 Å². The number of benzene rings is 3. The first-order valence-corrected chi connectivity index (χ1v) is 11.3. The second kappa shape index (κ2) is 6.33. The molecule has 1 aliphatic carbocycles. The van der Waals surface area contributed by atoms with Gasteiger partial charge in [0.15, 0.2) is 0 Å². The molecule has 0 amide bonds. The van der Waals surface area contributed by atoms with Gasteiger partial charge in [0.05, 0.1) is 4.90 Å². The van der Waals surface area contributed by atoms with Crippen molar-refractivity contribution >= 4 is 10.0 Å². The van der Waals surface area contributed by atoms with Gasteiger partial charge in [0.2, 0.25) is 0 Å². The molecule has 5 rings (SSSR count). The summed E-state index contributed by atoms with van der Waals surface area (Å²) in [5.74, 6) is 0. The average Bonchev–Trinajstić information content (AvgIpc) is 3.47. The molecular formula is C25H23NO2S. The molecule has 29 heavy (non-hydrogen) atoms. The van der Waals surface area contributed by atoms with E-state index in [1.54, 1.807) is 18.3 Å². The molecule has 2 atom stereocenters. The number of aryl methyl sites for hydroxylation is 1. The lowest BCUT2D eigenvalue weighted by atomic mass is 9.80. The Morgan fingerprint density at radius 3 is 2.00 bits per heavy atom. The number of fused-ring (bicyclic) bond motifs is 1. The highest BCUT2D eigenvalue weighted by atomic mass is 32.2. The summed E-state index contributed by atoms with van der Waals surface area (Å²) in [6.45, 7) is 2.40. The number of nitrogens with zero attached hydrogens (tertiary/aromatic N) is 1. The van der Waals surface area contributed by atoms with Gasteiger partial charge in [0.1, 0.15) is 0 Å². The maximum Gasteiger partial charge on any atom is 0.263 e. The number of hydrogen-bond acceptors (Lipinski definition) is 2. The molecule has 0 N–H and O–H groups in total. The molecule has 3 aromatic rings. The van der Waals surface area contributed by atoms with Crippen molar-refractivity contribution in [1.29, 1.82) is 0 Å². The van der Waals surface area contributed by atoms with Crippen LogP contribution in [0.4, 0.5) is 0 Å². The molecule has 2 unspecified atom stereocenters. The van der Waals surface area contributed by atoms with Crippen molar-refractivity contribution in [3.05, 3.63) is 114 Å². The van der Waals surface area contributed by atoms with Crippen molar-refractivity contribution in [2.75, 3.05) is 6.54 Å². The lowest BCUT2D eigenvalue weighted by molar-refractivity contribution is 0.415. The lowest BCUT2D eigenvalue weighted by Crippen LogP contribution is -2.40. The Morgan fingerprint density at radius 2 is 1.38 bits per heavy atom. The predicted molar refractivity (Wildman–Crippen MR) is 115 cm³/mol. The minimum Gasteiger partial charge on any atom is -0.273 e. The molecule has 0 bridgehead atoms. The van der Waals surface area contributed by atoms with Crippen LogP contribution in [0.5, 0.6) is 0 Å². The van der Waals surface area contributed by atoms with Crippen molar-refractivity contribution in [2.24, 2.45) is 0 Å². The summed E-state index contributed by atoms with van der Waals surface area (Å²) in [7, 11) is -3.59. The van der Waals surface area contributed by atoms with E-state index >= 15 is 0 Å². The van der Waals surface area contributed by atoms with Crippen molar-refractivity contribution in [3.8, 4) is 0 Å². The second-order valence-corrected chi connectivity index (χ2v) is 10.0. The van der Waals surface area contributed by atoms with Crippen LogP contribution >= 0.6 is 0 Å². The summed E-state index contributed by atoms with van der Waals surface area (Å²) in [6.07, 6.45) is 4.78. The minimum atomic E-state index is -3.59. The summed E-state index contributed by atoms with van der Waals surface area (Å²) in [4.78, 5) is 0.337. The molecule has 3 aromatic carbocycles. The fourth-order valence-electron chi connectivity index (χ4n) is 4.81. The fourth-order valence-corrected chi connectivity index (χ4v) is 6.17. The second-order valence-electron chi connectivity index (χ2n) is 8.14. The van der Waals surface area contributed by atoms with Gasteiger partial charge in [0.25, 0.3) is 10.0 Å². The highest BCUT2D eigenvalue weighted by molar-refractivity contribution is 7.89. The van der Waals surface area contributed by atoms with Crippen LogP contribution in [0.15, 0.2) is 102 Å². The van der Waals surface area contributed by atoms with E-state index in [0.717, 1.165) is 12.0 Å². The molecule has 146 valence electrons. The molecule has 1 fully saturated rings. The SMILES string of the molecule is Cc1ccc(S(=O)(=O)N2C=CC3(c4ccccc4)CC3(c3ccccc3)C2)cc1. The molecule has 0 spiro atoms. The van der Waals surface area contributed by atoms with E-state index in [1.807, 2.05) is 43.3 Å². The maximum atomic E-state index is 13.4. The third-order valence-electron chi connectivity index (χ3n) is 6.50. The smallest absolute Gasteiger partial charge is 0.263 e. The van der Waals surface area contributed by atoms with Crippen molar-refractivity contribution < 1.29 is 8.42 Å². The van der Waals surface area contributed by atoms with E-state index < -0.39 is 10.0 Å². The van der Waals surface area contributed by atoms with Gasteiger partial charge < -0.3 is 0 Å². The standard InChI is InChI=1S/C25H23NO2S/c1-20-12-14-23(15-13-20)29(27,28)26-17-16-24(21-8-4-2-5-9-21)18-25(24,19-26)22-10-6-3-7-11-22/h2-17H,18-19H2,1H3. The van der Waals surface area contributed by atoms with E-state index in [4.69, 9.17) is 0 Å². The number of hydrogen-bond donors (Lipinski definition) is 0. The van der Waals surface area contributed by atoms with Crippen LogP contribution in [-0.2, 0) is 20.9 Å². The topological polar surface area (TPSA) is 37.4 Å². The van der Waals surface area contributed by atoms with Crippen molar-refractivity contribution in [1.82, 2.24) is 4.31 Å². The summed E-state index contributed by atoms with van der Waals surface area (Å²) in [6, 6.07) is 27.9. The van der Waals surface area contributed by atoms with Gasteiger partial charge in [-0.15, -0.1) is 0 Å². The first-order chi connectivity index (χ1) is 14.0. The number of rotatable bonds is 4. The molecule has 1 saturated carbocycles. The van der Waals surface area contributed by atoms with E-state index in [9.17, 15) is 8.42 Å². The van der Waals surface area contributed by atoms with Crippen LogP contribution in [0.25, 0.3) is 0 Å². The van der Waals surface area contributed by atoms with Gasteiger partial charge in [-0.25, -0.2) is 8.42 Å². The number of allylic oxidation sites excluding steroid dienone is 1. The summed E-state index contributed by atoms with van der Waals surface area (Å²) in [5.41, 5.74) is 3.07. The van der Waals surface area contributed by atoms with E-state index in [2.05, 4.69) is 42.5 Å². The molecule has 0 saturated heterocycles. The molecule has 0 radical (unpaired) electrons. The molecule has 1 aliphatic heterocycles. The van der Waals surface area contributed by atoms with Crippen LogP contribution in [0, 0.1) is 6.92 Å². The average molecular weight is 402 g/mol. The minimum absolute atomic E-state index is 0.158. The largest absolute Gasteiger partial charge is 0.273 e. The van der Waals surface area contributed by atoms with Crippen LogP contribution in [0.1, 0.15) is 23.1 Å². The summed E-state index contributed by atoms with van der Waals surface area (Å²) in [5, 5.41) is 0. The quantitative estimate of drug-likeness (QED) is 0.630. The van der Waals surface area contributed by atoms with Gasteiger partial charge in [-0.1, -0.05) is 84.4 Å². The van der Waals surface area contributed by atoms with Crippen LogP contribution < -0.4 is 0 Å². The zero-order valence-electron chi connectivity index (χ0n) is 16.3. The normalized spacial score (nSPS) is 25.5. The van der Waals surface area contributed by atoms with Crippen LogP contribution in [-0.4, -0.2) is 19.3 Å². The Bertz CT molecular complexity index is 1170. The van der Waals surface area contributed by atoms with Gasteiger partial charge in [-0.2, -0.15) is 0 Å². The molecular weight excluding hydrogens is 378 g/mol. The van der Waals surface area contributed by atoms with E-state index in [-0.39, 0.29) is 10.8 Å². The first kappa shape index (κ1) is 18.2. The van der Waals surface area contributed by atoms with Crippen LogP contribution in [0.3, 0.4) is 0 Å². The highest BCUT2D eigenvalue weighted by Crippen LogP contribution is 2.68. The molecule has 0 aromatic heterocycles.